The minimum atomic E-state index is 0.692. The molecule has 9 aromatic carbocycles. The summed E-state index contributed by atoms with van der Waals surface area (Å²) in [5.41, 5.74) is 15.9. The van der Waals surface area contributed by atoms with Gasteiger partial charge in [0.15, 0.2) is 5.82 Å². The molecule has 0 aliphatic carbocycles. The summed E-state index contributed by atoms with van der Waals surface area (Å²) in [6, 6.07) is 79.3. The highest BCUT2D eigenvalue weighted by Gasteiger charge is 2.20. The zero-order valence-corrected chi connectivity index (χ0v) is 35.1. The number of para-hydroxylation sites is 3. The van der Waals surface area contributed by atoms with E-state index in [1.807, 2.05) is 30.5 Å². The van der Waals surface area contributed by atoms with E-state index in [4.69, 9.17) is 15.1 Å². The lowest BCUT2D eigenvalue weighted by Crippen LogP contribution is -1.99. The second kappa shape index (κ2) is 14.9. The van der Waals surface area contributed by atoms with Crippen LogP contribution in [-0.4, -0.2) is 28.9 Å². The van der Waals surface area contributed by atoms with Gasteiger partial charge in [-0.05, 0) is 77.9 Å². The van der Waals surface area contributed by atoms with Crippen molar-refractivity contribution in [1.29, 1.82) is 0 Å². The molecule has 6 heteroatoms. The van der Waals surface area contributed by atoms with Gasteiger partial charge in [-0.3, -0.25) is 0 Å². The molecule has 0 amide bonds. The summed E-state index contributed by atoms with van der Waals surface area (Å²) in [4.78, 5) is 10.2. The van der Waals surface area contributed by atoms with Crippen molar-refractivity contribution in [2.24, 2.45) is 0 Å². The predicted molar refractivity (Wildman–Crippen MR) is 267 cm³/mol. The van der Waals surface area contributed by atoms with E-state index < -0.39 is 0 Å². The van der Waals surface area contributed by atoms with Gasteiger partial charge in [0.05, 0.1) is 50.9 Å². The normalized spacial score (nSPS) is 11.7. The molecule has 13 rings (SSSR count). The maximum atomic E-state index is 5.15. The molecule has 4 aromatic heterocycles. The van der Waals surface area contributed by atoms with Crippen LogP contribution < -0.4 is 0 Å². The van der Waals surface area contributed by atoms with E-state index in [9.17, 15) is 0 Å². The summed E-state index contributed by atoms with van der Waals surface area (Å²) in [7, 11) is 0. The van der Waals surface area contributed by atoms with Gasteiger partial charge in [0.1, 0.15) is 0 Å². The van der Waals surface area contributed by atoms with Gasteiger partial charge in [0.25, 0.3) is 0 Å². The molecule has 65 heavy (non-hydrogen) atoms. The molecule has 0 atom stereocenters. The van der Waals surface area contributed by atoms with Crippen LogP contribution in [0.15, 0.2) is 231 Å². The maximum absolute atomic E-state index is 5.15. The highest BCUT2D eigenvalue weighted by molar-refractivity contribution is 6.18. The van der Waals surface area contributed by atoms with Gasteiger partial charge in [-0.15, -0.1) is 0 Å². The van der Waals surface area contributed by atoms with Crippen molar-refractivity contribution >= 4 is 54.5 Å². The monoisotopic (exact) mass is 830 g/mol. The third-order valence-corrected chi connectivity index (χ3v) is 12.8. The Kier molecular flexibility index (Phi) is 8.42. The summed E-state index contributed by atoms with van der Waals surface area (Å²) in [5.74, 6) is 0.692. The standard InChI is InChI=1S/C59H38N6/c1-4-14-39(15-5-1)40-24-26-41(27-25-40)52-37-53(62-59(61-52)43-16-6-2-7-17-43)42-28-30-45(31-29-42)63-54-22-12-10-20-47(54)49-33-32-46(36-57(49)63)65-56-35-34-50-48-21-11-13-23-55(48)64(44-18-8-3-9-19-44)58(50)51(56)38-60-65/h1-38H. The van der Waals surface area contributed by atoms with Crippen LogP contribution >= 0.6 is 0 Å². The van der Waals surface area contributed by atoms with Crippen LogP contribution in [0.2, 0.25) is 0 Å². The molecule has 6 nitrogen and oxygen atoms in total. The SMILES string of the molecule is c1ccc(-c2ccc(-c3cc(-c4ccc(-n5c6ccccc6c6ccc(-n7ncc8c7ccc7c9ccccc9n(-c9ccccc9)c78)cc65)cc4)nc(-c4ccccc4)n3)cc2)cc1. The number of benzene rings is 9. The topological polar surface area (TPSA) is 53.5 Å². The molecule has 0 radical (unpaired) electrons. The van der Waals surface area contributed by atoms with Gasteiger partial charge in [-0.2, -0.15) is 5.10 Å². The molecule has 13 aromatic rings. The Labute approximate surface area is 374 Å². The maximum Gasteiger partial charge on any atom is 0.160 e. The second-order valence-corrected chi connectivity index (χ2v) is 16.5. The Morgan fingerprint density at radius 2 is 0.785 bits per heavy atom. The number of aromatic nitrogens is 6. The summed E-state index contributed by atoms with van der Waals surface area (Å²) in [6.45, 7) is 0. The molecule has 0 fully saturated rings. The smallest absolute Gasteiger partial charge is 0.160 e. The van der Waals surface area contributed by atoms with E-state index in [1.54, 1.807) is 0 Å². The summed E-state index contributed by atoms with van der Waals surface area (Å²) < 4.78 is 6.82. The van der Waals surface area contributed by atoms with Crippen LogP contribution in [0.4, 0.5) is 0 Å². The Bertz CT molecular complexity index is 3900. The van der Waals surface area contributed by atoms with Crippen molar-refractivity contribution in [2.45, 2.75) is 0 Å². The quantitative estimate of drug-likeness (QED) is 0.161. The largest absolute Gasteiger partial charge is 0.309 e. The molecular weight excluding hydrogens is 793 g/mol. The lowest BCUT2D eigenvalue weighted by molar-refractivity contribution is 0.911. The van der Waals surface area contributed by atoms with Crippen LogP contribution in [0.25, 0.3) is 117 Å². The van der Waals surface area contributed by atoms with E-state index in [1.165, 1.54) is 38.2 Å². The van der Waals surface area contributed by atoms with Gasteiger partial charge in [0.2, 0.25) is 0 Å². The van der Waals surface area contributed by atoms with Crippen LogP contribution in [0.1, 0.15) is 0 Å². The van der Waals surface area contributed by atoms with Crippen molar-refractivity contribution in [1.82, 2.24) is 28.9 Å². The van der Waals surface area contributed by atoms with Crippen molar-refractivity contribution in [3.63, 3.8) is 0 Å². The zero-order valence-electron chi connectivity index (χ0n) is 35.1. The van der Waals surface area contributed by atoms with Crippen LogP contribution in [0.3, 0.4) is 0 Å². The van der Waals surface area contributed by atoms with Crippen LogP contribution in [0.5, 0.6) is 0 Å². The van der Waals surface area contributed by atoms with Crippen LogP contribution in [0, 0.1) is 0 Å². The lowest BCUT2D eigenvalue weighted by Gasteiger charge is -2.12. The Hall–Kier alpha value is -8.87. The van der Waals surface area contributed by atoms with Gasteiger partial charge in [-0.25, -0.2) is 14.6 Å². The van der Waals surface area contributed by atoms with E-state index in [0.29, 0.717) is 5.82 Å². The first-order chi connectivity index (χ1) is 32.2. The first-order valence-electron chi connectivity index (χ1n) is 21.9. The van der Waals surface area contributed by atoms with E-state index in [-0.39, 0.29) is 0 Å². The fourth-order valence-electron chi connectivity index (χ4n) is 9.69. The van der Waals surface area contributed by atoms with Gasteiger partial charge < -0.3 is 9.13 Å². The fraction of sp³-hybridized carbons (Fsp3) is 0. The highest BCUT2D eigenvalue weighted by Crippen LogP contribution is 2.39. The first-order valence-corrected chi connectivity index (χ1v) is 21.9. The molecular formula is C59H38N6. The molecule has 0 aliphatic heterocycles. The molecule has 0 saturated carbocycles. The van der Waals surface area contributed by atoms with Crippen molar-refractivity contribution in [3.05, 3.63) is 231 Å². The summed E-state index contributed by atoms with van der Waals surface area (Å²) in [6.07, 6.45) is 2.02. The van der Waals surface area contributed by atoms with Crippen LogP contribution in [-0.2, 0) is 0 Å². The predicted octanol–water partition coefficient (Wildman–Crippen LogP) is 14.7. The number of nitrogens with zero attached hydrogens (tertiary/aromatic N) is 6. The minimum Gasteiger partial charge on any atom is -0.309 e. The third-order valence-electron chi connectivity index (χ3n) is 12.8. The average molecular weight is 831 g/mol. The molecule has 0 saturated heterocycles. The zero-order chi connectivity index (χ0) is 42.8. The van der Waals surface area contributed by atoms with E-state index in [2.05, 4.69) is 214 Å². The Morgan fingerprint density at radius 3 is 1.48 bits per heavy atom. The van der Waals surface area contributed by atoms with Gasteiger partial charge >= 0.3 is 0 Å². The fourth-order valence-corrected chi connectivity index (χ4v) is 9.69. The molecule has 304 valence electrons. The number of fused-ring (bicyclic) bond motifs is 8. The van der Waals surface area contributed by atoms with E-state index in [0.717, 1.165) is 72.6 Å². The molecule has 0 N–H and O–H groups in total. The van der Waals surface area contributed by atoms with Gasteiger partial charge in [-0.1, -0.05) is 158 Å². The second-order valence-electron chi connectivity index (χ2n) is 16.5. The lowest BCUT2D eigenvalue weighted by atomic mass is 10.0. The molecule has 0 unspecified atom stereocenters. The molecule has 0 aliphatic rings. The molecule has 0 bridgehead atoms. The first kappa shape index (κ1) is 36.8. The van der Waals surface area contributed by atoms with Crippen molar-refractivity contribution in [2.75, 3.05) is 0 Å². The number of hydrogen-bond donors (Lipinski definition) is 0. The third kappa shape index (κ3) is 6.07. The highest BCUT2D eigenvalue weighted by atomic mass is 15.3. The summed E-state index contributed by atoms with van der Waals surface area (Å²) >= 11 is 0. The summed E-state index contributed by atoms with van der Waals surface area (Å²) in [5, 5.41) is 11.0. The Morgan fingerprint density at radius 1 is 0.292 bits per heavy atom. The number of rotatable bonds is 7. The van der Waals surface area contributed by atoms with E-state index >= 15 is 0 Å². The Balaban J connectivity index is 0.922. The average Bonchev–Trinajstić information content (AvgIpc) is 4.07. The molecule has 0 spiro atoms. The minimum absolute atomic E-state index is 0.692. The van der Waals surface area contributed by atoms with Crippen molar-refractivity contribution < 1.29 is 0 Å². The van der Waals surface area contributed by atoms with Crippen molar-refractivity contribution in [3.8, 4) is 62.1 Å². The van der Waals surface area contributed by atoms with Gasteiger partial charge in [0, 0.05) is 55.0 Å². The molecule has 4 heterocycles. The number of hydrogen-bond acceptors (Lipinski definition) is 3.